The van der Waals surface area contributed by atoms with Gasteiger partial charge in [-0.05, 0) is 36.2 Å². The number of hydrogen-bond donors (Lipinski definition) is 2. The third-order valence-corrected chi connectivity index (χ3v) is 5.14. The second-order valence-corrected chi connectivity index (χ2v) is 7.25. The fourth-order valence-electron chi connectivity index (χ4n) is 3.67. The largest absolute Gasteiger partial charge is 0.356 e. The third-order valence-electron chi connectivity index (χ3n) is 5.14. The molecule has 2 heterocycles. The van der Waals surface area contributed by atoms with Crippen molar-refractivity contribution in [1.82, 2.24) is 20.4 Å². The second-order valence-electron chi connectivity index (χ2n) is 7.25. The van der Waals surface area contributed by atoms with Gasteiger partial charge in [0.1, 0.15) is 11.5 Å². The molecule has 3 aromatic carbocycles. The number of para-hydroxylation sites is 3. The molecule has 0 saturated heterocycles. The third kappa shape index (κ3) is 3.67. The van der Waals surface area contributed by atoms with Gasteiger partial charge in [0.2, 0.25) is 5.91 Å². The van der Waals surface area contributed by atoms with Gasteiger partial charge in [-0.1, -0.05) is 59.8 Å². The highest BCUT2D eigenvalue weighted by Gasteiger charge is 2.21. The van der Waals surface area contributed by atoms with Crippen molar-refractivity contribution in [2.45, 2.75) is 18.9 Å². The van der Waals surface area contributed by atoms with E-state index in [0.29, 0.717) is 17.7 Å². The fourth-order valence-corrected chi connectivity index (χ4v) is 3.67. The van der Waals surface area contributed by atoms with E-state index in [4.69, 9.17) is 9.51 Å². The summed E-state index contributed by atoms with van der Waals surface area (Å²) in [5.41, 5.74) is 4.25. The number of nitrogens with one attached hydrogen (secondary N) is 2. The van der Waals surface area contributed by atoms with Gasteiger partial charge >= 0.3 is 0 Å². The first-order valence-electron chi connectivity index (χ1n) is 9.87. The predicted octanol–water partition coefficient (Wildman–Crippen LogP) is 4.35. The number of amides is 1. The van der Waals surface area contributed by atoms with Gasteiger partial charge in [0.15, 0.2) is 5.58 Å². The van der Waals surface area contributed by atoms with Crippen LogP contribution in [0.25, 0.3) is 22.0 Å². The van der Waals surface area contributed by atoms with Crippen LogP contribution in [0.1, 0.15) is 23.1 Å². The number of fused-ring (bicyclic) bond motifs is 2. The van der Waals surface area contributed by atoms with Gasteiger partial charge < -0.3 is 14.8 Å². The summed E-state index contributed by atoms with van der Waals surface area (Å²) in [6.07, 6.45) is 0.772. The molecule has 0 aliphatic rings. The topological polar surface area (TPSA) is 83.8 Å². The standard InChI is InChI=1S/C24H20N4O2/c29-23(15-20-17-10-4-7-13-22(17)30-28-20)25-21(14-16-8-2-1-3-9-16)24-26-18-11-5-6-12-19(18)27-24/h1-13,21H,14-15H2,(H,25,29)(H,26,27). The molecule has 6 heteroatoms. The molecule has 2 N–H and O–H groups in total. The Labute approximate surface area is 172 Å². The van der Waals surface area contributed by atoms with E-state index < -0.39 is 0 Å². The minimum atomic E-state index is -0.287. The molecular weight excluding hydrogens is 376 g/mol. The van der Waals surface area contributed by atoms with Crippen molar-refractivity contribution in [3.8, 4) is 0 Å². The van der Waals surface area contributed by atoms with E-state index in [1.54, 1.807) is 0 Å². The lowest BCUT2D eigenvalue weighted by Gasteiger charge is -2.17. The molecule has 1 unspecified atom stereocenters. The predicted molar refractivity (Wildman–Crippen MR) is 115 cm³/mol. The lowest BCUT2D eigenvalue weighted by Crippen LogP contribution is -2.32. The summed E-state index contributed by atoms with van der Waals surface area (Å²) < 4.78 is 5.33. The Morgan fingerprint density at radius 3 is 2.60 bits per heavy atom. The fraction of sp³-hybridized carbons (Fsp3) is 0.125. The molecule has 0 saturated carbocycles. The van der Waals surface area contributed by atoms with Crippen molar-refractivity contribution < 1.29 is 9.32 Å². The Bertz CT molecular complexity index is 1270. The van der Waals surface area contributed by atoms with E-state index >= 15 is 0 Å². The number of aromatic amines is 1. The van der Waals surface area contributed by atoms with Crippen molar-refractivity contribution in [3.05, 3.63) is 95.9 Å². The van der Waals surface area contributed by atoms with Crippen LogP contribution >= 0.6 is 0 Å². The zero-order valence-electron chi connectivity index (χ0n) is 16.2. The van der Waals surface area contributed by atoms with Crippen molar-refractivity contribution >= 4 is 27.9 Å². The van der Waals surface area contributed by atoms with Crippen LogP contribution in [0.2, 0.25) is 0 Å². The molecule has 5 aromatic rings. The van der Waals surface area contributed by atoms with Crippen LogP contribution < -0.4 is 5.32 Å². The number of nitrogens with zero attached hydrogens (tertiary/aromatic N) is 2. The van der Waals surface area contributed by atoms with E-state index in [-0.39, 0.29) is 18.4 Å². The lowest BCUT2D eigenvalue weighted by atomic mass is 10.0. The van der Waals surface area contributed by atoms with Crippen molar-refractivity contribution in [2.75, 3.05) is 0 Å². The molecule has 6 nitrogen and oxygen atoms in total. The Kier molecular flexibility index (Phi) is 4.73. The lowest BCUT2D eigenvalue weighted by molar-refractivity contribution is -0.121. The average Bonchev–Trinajstić information content (AvgIpc) is 3.38. The first-order valence-corrected chi connectivity index (χ1v) is 9.87. The summed E-state index contributed by atoms with van der Waals surface area (Å²) in [4.78, 5) is 21.0. The van der Waals surface area contributed by atoms with Gasteiger partial charge in [-0.2, -0.15) is 0 Å². The molecule has 0 bridgehead atoms. The number of aromatic nitrogens is 3. The van der Waals surface area contributed by atoms with E-state index in [1.165, 1.54) is 0 Å². The van der Waals surface area contributed by atoms with Gasteiger partial charge in [-0.15, -0.1) is 0 Å². The van der Waals surface area contributed by atoms with Crippen molar-refractivity contribution in [3.63, 3.8) is 0 Å². The van der Waals surface area contributed by atoms with Gasteiger partial charge in [0.05, 0.1) is 23.5 Å². The van der Waals surface area contributed by atoms with Gasteiger partial charge in [-0.25, -0.2) is 4.98 Å². The van der Waals surface area contributed by atoms with E-state index in [0.717, 1.165) is 27.8 Å². The zero-order valence-corrected chi connectivity index (χ0v) is 16.2. The van der Waals surface area contributed by atoms with Gasteiger partial charge in [-0.3, -0.25) is 4.79 Å². The summed E-state index contributed by atoms with van der Waals surface area (Å²) in [7, 11) is 0. The molecule has 1 amide bonds. The Morgan fingerprint density at radius 1 is 0.967 bits per heavy atom. The Balaban J connectivity index is 1.41. The average molecular weight is 396 g/mol. The zero-order chi connectivity index (χ0) is 20.3. The van der Waals surface area contributed by atoms with E-state index in [2.05, 4.69) is 15.5 Å². The highest BCUT2D eigenvalue weighted by atomic mass is 16.5. The minimum absolute atomic E-state index is 0.129. The van der Waals surface area contributed by atoms with Crippen LogP contribution in [0.4, 0.5) is 0 Å². The maximum atomic E-state index is 12.9. The SMILES string of the molecule is O=C(Cc1noc2ccccc12)NC(Cc1ccccc1)c1nc2ccccc2[nH]1. The molecule has 5 rings (SSSR count). The Morgan fingerprint density at radius 2 is 1.73 bits per heavy atom. The summed E-state index contributed by atoms with van der Waals surface area (Å²) in [6, 6.07) is 25.2. The van der Waals surface area contributed by atoms with Crippen LogP contribution in [0.5, 0.6) is 0 Å². The highest BCUT2D eigenvalue weighted by Crippen LogP contribution is 2.21. The molecule has 0 radical (unpaired) electrons. The number of rotatable bonds is 6. The first-order chi connectivity index (χ1) is 14.8. The monoisotopic (exact) mass is 396 g/mol. The summed E-state index contributed by atoms with van der Waals surface area (Å²) >= 11 is 0. The smallest absolute Gasteiger partial charge is 0.226 e. The van der Waals surface area contributed by atoms with Crippen LogP contribution in [-0.2, 0) is 17.6 Å². The summed E-state index contributed by atoms with van der Waals surface area (Å²) in [6.45, 7) is 0. The second kappa shape index (κ2) is 7.83. The Hall–Kier alpha value is -3.93. The van der Waals surface area contributed by atoms with E-state index in [9.17, 15) is 4.79 Å². The van der Waals surface area contributed by atoms with Crippen LogP contribution in [0.3, 0.4) is 0 Å². The van der Waals surface area contributed by atoms with Crippen LogP contribution in [0, 0.1) is 0 Å². The van der Waals surface area contributed by atoms with Gasteiger partial charge in [0.25, 0.3) is 0 Å². The molecule has 0 spiro atoms. The molecule has 30 heavy (non-hydrogen) atoms. The number of carbonyl (C=O) groups is 1. The number of hydrogen-bond acceptors (Lipinski definition) is 4. The maximum absolute atomic E-state index is 12.9. The van der Waals surface area contributed by atoms with Gasteiger partial charge in [0, 0.05) is 5.39 Å². The maximum Gasteiger partial charge on any atom is 0.226 e. The molecule has 0 aliphatic carbocycles. The first kappa shape index (κ1) is 18.1. The molecular formula is C24H20N4O2. The summed E-state index contributed by atoms with van der Waals surface area (Å²) in [5.74, 6) is 0.605. The van der Waals surface area contributed by atoms with E-state index in [1.807, 2.05) is 78.9 Å². The van der Waals surface area contributed by atoms with Crippen LogP contribution in [0.15, 0.2) is 83.4 Å². The normalized spacial score (nSPS) is 12.3. The number of imidazole rings is 1. The molecule has 1 atom stereocenters. The highest BCUT2D eigenvalue weighted by molar-refractivity contribution is 5.86. The number of carbonyl (C=O) groups excluding carboxylic acids is 1. The summed E-state index contributed by atoms with van der Waals surface area (Å²) in [5, 5.41) is 8.06. The molecule has 0 fully saturated rings. The minimum Gasteiger partial charge on any atom is -0.356 e. The number of benzene rings is 3. The molecule has 0 aliphatic heterocycles. The van der Waals surface area contributed by atoms with Crippen molar-refractivity contribution in [1.29, 1.82) is 0 Å². The molecule has 148 valence electrons. The van der Waals surface area contributed by atoms with Crippen molar-refractivity contribution in [2.24, 2.45) is 0 Å². The number of H-pyrrole nitrogens is 1. The van der Waals surface area contributed by atoms with Crippen LogP contribution in [-0.4, -0.2) is 21.0 Å². The molecule has 2 aromatic heterocycles. The quantitative estimate of drug-likeness (QED) is 0.447.